The first-order chi connectivity index (χ1) is 20.1. The first kappa shape index (κ1) is 29.6. The van der Waals surface area contributed by atoms with E-state index in [-0.39, 0.29) is 17.9 Å². The van der Waals surface area contributed by atoms with E-state index in [0.29, 0.717) is 30.9 Å². The zero-order valence-electron chi connectivity index (χ0n) is 24.3. The number of amides is 3. The minimum Gasteiger partial charge on any atom is -0.444 e. The second-order valence-electron chi connectivity index (χ2n) is 12.0. The Labute approximate surface area is 250 Å². The van der Waals surface area contributed by atoms with Crippen molar-refractivity contribution in [1.82, 2.24) is 20.5 Å². The smallest absolute Gasteiger partial charge is 0.408 e. The lowest BCUT2D eigenvalue weighted by atomic mass is 9.84. The van der Waals surface area contributed by atoms with Crippen molar-refractivity contribution in [2.75, 3.05) is 12.3 Å². The summed E-state index contributed by atoms with van der Waals surface area (Å²) in [5.74, 6) is -0.971. The minimum atomic E-state index is -0.990. The van der Waals surface area contributed by atoms with Crippen LogP contribution in [0.3, 0.4) is 0 Å². The van der Waals surface area contributed by atoms with E-state index in [1.807, 2.05) is 60.7 Å². The van der Waals surface area contributed by atoms with Gasteiger partial charge in [0.2, 0.25) is 11.8 Å². The van der Waals surface area contributed by atoms with Crippen LogP contribution in [0.15, 0.2) is 60.7 Å². The number of rotatable bonds is 7. The standard InChI is InChI=1S/C32H39N5O4S/c1-32(2,3)41-31(40)36-27(26(20-11-6-4-7-12-20)21-13-8-5-9-14-21)29(39)37-18-10-15-24(37)28(38)34-22-16-17-23-25(19-22)42-30(33)35-23/h4-9,11-14,22,24,26-27H,10,15-19H2,1-3H3,(H2,33,35)(H,34,38)(H,36,40)/t22?,24?,27-/m0/s1. The van der Waals surface area contributed by atoms with Crippen molar-refractivity contribution in [1.29, 1.82) is 0 Å². The van der Waals surface area contributed by atoms with E-state index in [9.17, 15) is 14.4 Å². The van der Waals surface area contributed by atoms with Gasteiger partial charge < -0.3 is 26.0 Å². The molecule has 4 N–H and O–H groups in total. The van der Waals surface area contributed by atoms with Crippen molar-refractivity contribution < 1.29 is 19.1 Å². The molecule has 9 nitrogen and oxygen atoms in total. The summed E-state index contributed by atoms with van der Waals surface area (Å²) in [5, 5.41) is 6.64. The van der Waals surface area contributed by atoms with E-state index in [2.05, 4.69) is 15.6 Å². The molecule has 0 spiro atoms. The highest BCUT2D eigenvalue weighted by Gasteiger charge is 2.42. The predicted molar refractivity (Wildman–Crippen MR) is 163 cm³/mol. The number of thiazole rings is 1. The van der Waals surface area contributed by atoms with E-state index in [4.69, 9.17) is 10.5 Å². The van der Waals surface area contributed by atoms with Gasteiger partial charge in [-0.05, 0) is 57.6 Å². The van der Waals surface area contributed by atoms with Gasteiger partial charge in [0.05, 0.1) is 5.69 Å². The fourth-order valence-corrected chi connectivity index (χ4v) is 6.88. The number of aryl methyl sites for hydroxylation is 1. The van der Waals surface area contributed by atoms with Gasteiger partial charge in [-0.25, -0.2) is 9.78 Å². The largest absolute Gasteiger partial charge is 0.444 e. The summed E-state index contributed by atoms with van der Waals surface area (Å²) in [6.45, 7) is 5.78. The number of hydrogen-bond donors (Lipinski definition) is 3. The number of anilines is 1. The van der Waals surface area contributed by atoms with Crippen molar-refractivity contribution in [3.05, 3.63) is 82.4 Å². The lowest BCUT2D eigenvalue weighted by Crippen LogP contribution is -2.57. The SMILES string of the molecule is CC(C)(C)OC(=O)N[C@H](C(=O)N1CCCC1C(=O)NC1CCc2nc(N)sc2C1)C(c1ccccc1)c1ccccc1. The van der Waals surface area contributed by atoms with Gasteiger partial charge in [-0.1, -0.05) is 60.7 Å². The molecular formula is C32H39N5O4S. The summed E-state index contributed by atoms with van der Waals surface area (Å²) in [5.41, 5.74) is 7.92. The van der Waals surface area contributed by atoms with Gasteiger partial charge in [0.1, 0.15) is 17.7 Å². The molecule has 3 amide bonds. The number of alkyl carbamates (subject to hydrolysis) is 1. The third-order valence-corrected chi connectivity index (χ3v) is 8.68. The van der Waals surface area contributed by atoms with Crippen LogP contribution in [-0.2, 0) is 27.2 Å². The predicted octanol–water partition coefficient (Wildman–Crippen LogP) is 4.42. The molecule has 1 saturated heterocycles. The lowest BCUT2D eigenvalue weighted by Gasteiger charge is -2.34. The number of ether oxygens (including phenoxy) is 1. The van der Waals surface area contributed by atoms with Crippen LogP contribution in [0.5, 0.6) is 0 Å². The molecular weight excluding hydrogens is 550 g/mol. The van der Waals surface area contributed by atoms with Gasteiger partial charge in [0.15, 0.2) is 5.13 Å². The molecule has 2 aromatic carbocycles. The van der Waals surface area contributed by atoms with Crippen molar-refractivity contribution >= 4 is 34.4 Å². The number of carbonyl (C=O) groups excluding carboxylic acids is 3. The molecule has 2 aliphatic rings. The van der Waals surface area contributed by atoms with E-state index in [0.717, 1.165) is 34.5 Å². The quantitative estimate of drug-likeness (QED) is 0.375. The molecule has 1 aliphatic heterocycles. The molecule has 0 saturated carbocycles. The Morgan fingerprint density at radius 2 is 1.67 bits per heavy atom. The highest BCUT2D eigenvalue weighted by atomic mass is 32.1. The number of aromatic nitrogens is 1. The molecule has 0 radical (unpaired) electrons. The van der Waals surface area contributed by atoms with E-state index >= 15 is 0 Å². The summed E-state index contributed by atoms with van der Waals surface area (Å²) in [4.78, 5) is 48.4. The van der Waals surface area contributed by atoms with E-state index in [1.165, 1.54) is 11.3 Å². The first-order valence-electron chi connectivity index (χ1n) is 14.5. The molecule has 5 rings (SSSR count). The van der Waals surface area contributed by atoms with Gasteiger partial charge in [-0.15, -0.1) is 11.3 Å². The van der Waals surface area contributed by atoms with Crippen LogP contribution in [0.4, 0.5) is 9.93 Å². The maximum atomic E-state index is 14.5. The van der Waals surface area contributed by atoms with E-state index in [1.54, 1.807) is 25.7 Å². The fourth-order valence-electron chi connectivity index (χ4n) is 5.92. The first-order valence-corrected chi connectivity index (χ1v) is 15.3. The van der Waals surface area contributed by atoms with Crippen LogP contribution in [0.1, 0.15) is 67.6 Å². The zero-order valence-corrected chi connectivity index (χ0v) is 25.2. The van der Waals surface area contributed by atoms with Crippen LogP contribution in [0, 0.1) is 0 Å². The molecule has 3 atom stereocenters. The Morgan fingerprint density at radius 1 is 1.02 bits per heavy atom. The fraction of sp³-hybridized carbons (Fsp3) is 0.438. The topological polar surface area (TPSA) is 127 Å². The van der Waals surface area contributed by atoms with Crippen LogP contribution in [-0.4, -0.2) is 58.1 Å². The second-order valence-corrected chi connectivity index (χ2v) is 13.1. The minimum absolute atomic E-state index is 0.0422. The monoisotopic (exact) mass is 589 g/mol. The van der Waals surface area contributed by atoms with Gasteiger partial charge in [0, 0.05) is 29.8 Å². The highest BCUT2D eigenvalue weighted by molar-refractivity contribution is 7.15. The molecule has 222 valence electrons. The van der Waals surface area contributed by atoms with Crippen molar-refractivity contribution in [3.8, 4) is 0 Å². The number of carbonyl (C=O) groups is 3. The van der Waals surface area contributed by atoms with Crippen LogP contribution >= 0.6 is 11.3 Å². The molecule has 1 aliphatic carbocycles. The summed E-state index contributed by atoms with van der Waals surface area (Å²) in [6.07, 6.45) is 2.80. The average Bonchev–Trinajstić information content (AvgIpc) is 3.58. The molecule has 42 heavy (non-hydrogen) atoms. The van der Waals surface area contributed by atoms with Gasteiger partial charge in [-0.3, -0.25) is 9.59 Å². The summed E-state index contributed by atoms with van der Waals surface area (Å²) < 4.78 is 5.60. The van der Waals surface area contributed by atoms with Crippen LogP contribution < -0.4 is 16.4 Å². The number of nitrogens with one attached hydrogen (secondary N) is 2. The van der Waals surface area contributed by atoms with Crippen LogP contribution in [0.2, 0.25) is 0 Å². The number of nitrogens with two attached hydrogens (primary N) is 1. The molecule has 3 aromatic rings. The second kappa shape index (κ2) is 12.5. The summed E-state index contributed by atoms with van der Waals surface area (Å²) >= 11 is 1.47. The van der Waals surface area contributed by atoms with Crippen molar-refractivity contribution in [2.45, 2.75) is 82.5 Å². The number of benzene rings is 2. The van der Waals surface area contributed by atoms with Gasteiger partial charge in [0.25, 0.3) is 0 Å². The zero-order chi connectivity index (χ0) is 29.9. The lowest BCUT2D eigenvalue weighted by molar-refractivity contribution is -0.140. The molecule has 0 bridgehead atoms. The van der Waals surface area contributed by atoms with Gasteiger partial charge >= 0.3 is 6.09 Å². The highest BCUT2D eigenvalue weighted by Crippen LogP contribution is 2.32. The number of likely N-dealkylation sites (tertiary alicyclic amines) is 1. The Balaban J connectivity index is 1.41. The maximum Gasteiger partial charge on any atom is 0.408 e. The van der Waals surface area contributed by atoms with Crippen molar-refractivity contribution in [2.24, 2.45) is 0 Å². The molecule has 2 heterocycles. The Morgan fingerprint density at radius 3 is 2.29 bits per heavy atom. The average molecular weight is 590 g/mol. The van der Waals surface area contributed by atoms with E-state index < -0.39 is 29.7 Å². The molecule has 2 unspecified atom stereocenters. The third kappa shape index (κ3) is 6.92. The Bertz CT molecular complexity index is 1370. The van der Waals surface area contributed by atoms with Crippen molar-refractivity contribution in [3.63, 3.8) is 0 Å². The third-order valence-electron chi connectivity index (χ3n) is 7.73. The summed E-state index contributed by atoms with van der Waals surface area (Å²) in [7, 11) is 0. The Kier molecular flexibility index (Phi) is 8.82. The molecule has 10 heteroatoms. The number of nitrogen functional groups attached to an aromatic ring is 1. The Hall–Kier alpha value is -3.92. The number of nitrogens with zero attached hydrogens (tertiary/aromatic N) is 2. The molecule has 1 aromatic heterocycles. The number of hydrogen-bond acceptors (Lipinski definition) is 7. The van der Waals surface area contributed by atoms with Crippen LogP contribution in [0.25, 0.3) is 0 Å². The van der Waals surface area contributed by atoms with Gasteiger partial charge in [-0.2, -0.15) is 0 Å². The normalized spacial score (nSPS) is 19.2. The maximum absolute atomic E-state index is 14.5. The summed E-state index contributed by atoms with van der Waals surface area (Å²) in [6, 6.07) is 17.6. The number of fused-ring (bicyclic) bond motifs is 1. The molecule has 1 fully saturated rings.